The second-order valence-electron chi connectivity index (χ2n) is 7.30. The lowest BCUT2D eigenvalue weighted by atomic mass is 10.2. The second kappa shape index (κ2) is 20.8. The molecule has 0 radical (unpaired) electrons. The standard InChI is InChI=1S/C20H38N6O7/c1-26(16-25-19(30)31)13-6-3-2-4-11-22-17(27)15-24-20(32)33-14-7-5-9-21-10-8-12-23-18(28)29/h16,21,23H,2-15H2,1H3,(H,22,27)(H,24,32)(H,28,29)(H,30,31). The van der Waals surface area contributed by atoms with Crippen LogP contribution in [0.2, 0.25) is 0 Å². The van der Waals surface area contributed by atoms with Crippen molar-refractivity contribution in [3.63, 3.8) is 0 Å². The third kappa shape index (κ3) is 23.4. The van der Waals surface area contributed by atoms with E-state index in [1.54, 1.807) is 11.9 Å². The number of unbranched alkanes of at least 4 members (excludes halogenated alkanes) is 4. The Kier molecular flexibility index (Phi) is 18.8. The Morgan fingerprint density at radius 3 is 2.24 bits per heavy atom. The largest absolute Gasteiger partial charge is 0.465 e. The highest BCUT2D eigenvalue weighted by molar-refractivity contribution is 5.82. The first-order valence-corrected chi connectivity index (χ1v) is 11.1. The monoisotopic (exact) mass is 474 g/mol. The van der Waals surface area contributed by atoms with Gasteiger partial charge in [0.25, 0.3) is 0 Å². The highest BCUT2D eigenvalue weighted by Gasteiger charge is 2.05. The van der Waals surface area contributed by atoms with E-state index in [1.165, 1.54) is 6.34 Å². The van der Waals surface area contributed by atoms with Gasteiger partial charge >= 0.3 is 18.3 Å². The van der Waals surface area contributed by atoms with Gasteiger partial charge in [-0.25, -0.2) is 14.4 Å². The number of hydrogen-bond acceptors (Lipinski definition) is 6. The number of amides is 4. The maximum atomic E-state index is 11.7. The lowest BCUT2D eigenvalue weighted by Crippen LogP contribution is -2.37. The summed E-state index contributed by atoms with van der Waals surface area (Å²) in [6, 6.07) is 0. The summed E-state index contributed by atoms with van der Waals surface area (Å²) in [6.07, 6.45) is 4.19. The predicted molar refractivity (Wildman–Crippen MR) is 123 cm³/mol. The van der Waals surface area contributed by atoms with Crippen molar-refractivity contribution in [2.45, 2.75) is 44.9 Å². The molecular formula is C20H38N6O7. The zero-order valence-electron chi connectivity index (χ0n) is 19.3. The highest BCUT2D eigenvalue weighted by atomic mass is 16.5. The molecule has 0 bridgehead atoms. The molecule has 4 amide bonds. The minimum Gasteiger partial charge on any atom is -0.465 e. The Hall–Kier alpha value is -3.09. The van der Waals surface area contributed by atoms with Crippen LogP contribution < -0.4 is 21.3 Å². The van der Waals surface area contributed by atoms with Crippen LogP contribution in [0.15, 0.2) is 4.99 Å². The van der Waals surface area contributed by atoms with Crippen LogP contribution in [-0.2, 0) is 9.53 Å². The van der Waals surface area contributed by atoms with Crippen LogP contribution in [0.1, 0.15) is 44.9 Å². The van der Waals surface area contributed by atoms with E-state index in [0.29, 0.717) is 39.0 Å². The summed E-state index contributed by atoms with van der Waals surface area (Å²) in [4.78, 5) is 48.8. The van der Waals surface area contributed by atoms with E-state index in [-0.39, 0.29) is 19.1 Å². The molecule has 13 heteroatoms. The van der Waals surface area contributed by atoms with Crippen molar-refractivity contribution in [3.8, 4) is 0 Å². The highest BCUT2D eigenvalue weighted by Crippen LogP contribution is 1.99. The number of carboxylic acid groups (broad SMARTS) is 2. The van der Waals surface area contributed by atoms with Gasteiger partial charge in [-0.2, -0.15) is 4.99 Å². The van der Waals surface area contributed by atoms with Crippen LogP contribution >= 0.6 is 0 Å². The quantitative estimate of drug-likeness (QED) is 0.0905. The summed E-state index contributed by atoms with van der Waals surface area (Å²) < 4.78 is 5.00. The van der Waals surface area contributed by atoms with Gasteiger partial charge in [0.05, 0.1) is 19.5 Å². The Morgan fingerprint density at radius 2 is 1.52 bits per heavy atom. The minimum atomic E-state index is -1.22. The second-order valence-corrected chi connectivity index (χ2v) is 7.30. The van der Waals surface area contributed by atoms with E-state index in [2.05, 4.69) is 26.3 Å². The normalized spacial score (nSPS) is 10.6. The fraction of sp³-hybridized carbons (Fsp3) is 0.750. The van der Waals surface area contributed by atoms with Crippen LogP contribution in [-0.4, -0.2) is 98.6 Å². The summed E-state index contributed by atoms with van der Waals surface area (Å²) in [5, 5.41) is 27.5. The molecule has 0 aliphatic carbocycles. The number of aliphatic imine (C=N–C) groups is 1. The van der Waals surface area contributed by atoms with Gasteiger partial charge in [-0.15, -0.1) is 0 Å². The van der Waals surface area contributed by atoms with Crippen LogP contribution in [0.25, 0.3) is 0 Å². The summed E-state index contributed by atoms with van der Waals surface area (Å²) in [7, 11) is 1.76. The predicted octanol–water partition coefficient (Wildman–Crippen LogP) is 1.05. The van der Waals surface area contributed by atoms with Crippen molar-refractivity contribution in [2.75, 3.05) is 52.9 Å². The maximum Gasteiger partial charge on any atom is 0.432 e. The number of ether oxygens (including phenoxy) is 1. The van der Waals surface area contributed by atoms with Crippen LogP contribution in [0, 0.1) is 0 Å². The maximum absolute atomic E-state index is 11.7. The number of nitrogens with one attached hydrogen (secondary N) is 4. The third-order valence-corrected chi connectivity index (χ3v) is 4.31. The number of carbonyl (C=O) groups is 4. The van der Waals surface area contributed by atoms with Crippen molar-refractivity contribution in [2.24, 2.45) is 4.99 Å². The molecule has 0 saturated carbocycles. The summed E-state index contributed by atoms with van der Waals surface area (Å²) in [5.41, 5.74) is 0. The van der Waals surface area contributed by atoms with E-state index in [4.69, 9.17) is 14.9 Å². The van der Waals surface area contributed by atoms with Crippen LogP contribution in [0.4, 0.5) is 14.4 Å². The Morgan fingerprint density at radius 1 is 0.848 bits per heavy atom. The molecular weight excluding hydrogens is 436 g/mol. The van der Waals surface area contributed by atoms with Gasteiger partial charge in [0.2, 0.25) is 5.91 Å². The molecule has 0 saturated heterocycles. The van der Waals surface area contributed by atoms with Gasteiger partial charge in [0, 0.05) is 26.7 Å². The Balaban J connectivity index is 3.45. The number of nitrogens with zero attached hydrogens (tertiary/aromatic N) is 2. The summed E-state index contributed by atoms with van der Waals surface area (Å²) in [6.45, 7) is 3.20. The Labute approximate surface area is 194 Å². The first-order valence-electron chi connectivity index (χ1n) is 11.1. The molecule has 0 unspecified atom stereocenters. The molecule has 190 valence electrons. The SMILES string of the molecule is CN(C=NC(=O)O)CCCCCCNC(=O)CNC(=O)OCCCCNCCCNC(=O)O. The van der Waals surface area contributed by atoms with E-state index >= 15 is 0 Å². The summed E-state index contributed by atoms with van der Waals surface area (Å²) in [5.74, 6) is -0.279. The molecule has 0 heterocycles. The molecule has 0 spiro atoms. The van der Waals surface area contributed by atoms with Gasteiger partial charge < -0.3 is 41.1 Å². The molecule has 13 nitrogen and oxygen atoms in total. The van der Waals surface area contributed by atoms with Gasteiger partial charge in [0.15, 0.2) is 0 Å². The van der Waals surface area contributed by atoms with E-state index in [0.717, 1.165) is 38.6 Å². The number of hydrogen-bond donors (Lipinski definition) is 6. The minimum absolute atomic E-state index is 0.140. The van der Waals surface area contributed by atoms with Gasteiger partial charge in [-0.3, -0.25) is 4.79 Å². The van der Waals surface area contributed by atoms with E-state index < -0.39 is 18.3 Å². The van der Waals surface area contributed by atoms with E-state index in [9.17, 15) is 19.2 Å². The summed E-state index contributed by atoms with van der Waals surface area (Å²) >= 11 is 0. The zero-order valence-corrected chi connectivity index (χ0v) is 19.3. The molecule has 0 aliphatic rings. The molecule has 0 aromatic heterocycles. The molecule has 0 aliphatic heterocycles. The van der Waals surface area contributed by atoms with Crippen LogP contribution in [0.3, 0.4) is 0 Å². The topological polar surface area (TPSA) is 182 Å². The lowest BCUT2D eigenvalue weighted by molar-refractivity contribution is -0.120. The van der Waals surface area contributed by atoms with Crippen molar-refractivity contribution >= 4 is 30.5 Å². The fourth-order valence-corrected chi connectivity index (χ4v) is 2.59. The molecule has 0 rings (SSSR count). The van der Waals surface area contributed by atoms with Crippen molar-refractivity contribution in [3.05, 3.63) is 0 Å². The van der Waals surface area contributed by atoms with Gasteiger partial charge in [0.1, 0.15) is 0 Å². The molecule has 0 aromatic rings. The number of alkyl carbamates (subject to hydrolysis) is 1. The first kappa shape index (κ1) is 29.9. The van der Waals surface area contributed by atoms with Gasteiger partial charge in [-0.05, 0) is 45.2 Å². The van der Waals surface area contributed by atoms with Crippen molar-refractivity contribution in [1.82, 2.24) is 26.2 Å². The first-order chi connectivity index (χ1) is 15.8. The zero-order chi connectivity index (χ0) is 24.7. The van der Waals surface area contributed by atoms with Crippen molar-refractivity contribution in [1.29, 1.82) is 0 Å². The fourth-order valence-electron chi connectivity index (χ4n) is 2.59. The third-order valence-electron chi connectivity index (χ3n) is 4.31. The molecule has 0 fully saturated rings. The van der Waals surface area contributed by atoms with Gasteiger partial charge in [-0.1, -0.05) is 12.8 Å². The molecule has 33 heavy (non-hydrogen) atoms. The Bertz CT molecular complexity index is 603. The average molecular weight is 475 g/mol. The number of carbonyl (C=O) groups excluding carboxylic acids is 2. The van der Waals surface area contributed by atoms with Crippen molar-refractivity contribution < 1.29 is 34.1 Å². The smallest absolute Gasteiger partial charge is 0.432 e. The average Bonchev–Trinajstić information content (AvgIpc) is 2.76. The van der Waals surface area contributed by atoms with E-state index in [1.807, 2.05) is 0 Å². The lowest BCUT2D eigenvalue weighted by Gasteiger charge is -2.12. The number of rotatable bonds is 19. The van der Waals surface area contributed by atoms with Crippen LogP contribution in [0.5, 0.6) is 0 Å². The molecule has 0 aromatic carbocycles. The molecule has 0 atom stereocenters. The molecule has 6 N–H and O–H groups in total.